The van der Waals surface area contributed by atoms with Crippen molar-refractivity contribution < 1.29 is 12.4 Å². The number of halogens is 1. The maximum Gasteiger partial charge on any atom is 0.163 e. The maximum absolute atomic E-state index is 4.72. The molecule has 0 amide bonds. The number of hydrogen-bond donors (Lipinski definition) is 1. The summed E-state index contributed by atoms with van der Waals surface area (Å²) in [6.07, 6.45) is 3.53. The second-order valence-electron chi connectivity index (χ2n) is 5.49. The minimum absolute atomic E-state index is 0. The zero-order chi connectivity index (χ0) is 16.2. The van der Waals surface area contributed by atoms with Crippen LogP contribution in [0.2, 0.25) is 0 Å². The van der Waals surface area contributed by atoms with Crippen LogP contribution in [0, 0.1) is 0 Å². The smallest absolute Gasteiger partial charge is 0.163 e. The zero-order valence-electron chi connectivity index (χ0n) is 13.4. The number of nitrogens with zero attached hydrogens (tertiary/aromatic N) is 3. The Morgan fingerprint density at radius 2 is 1.60 bits per heavy atom. The molecule has 0 aliphatic rings. The standard InChI is InChI=1S/C20H16N4.ClH/c1-2-7-15(8-3-1)13-22-20-17-10-4-5-11-18(17)23-19(24-20)16-9-6-12-21-14-16;/h1-12,14H,13H2,(H,22,23,24);1H/p-1. The van der Waals surface area contributed by atoms with Gasteiger partial charge < -0.3 is 17.7 Å². The first-order valence-corrected chi connectivity index (χ1v) is 7.85. The van der Waals surface area contributed by atoms with E-state index in [1.165, 1.54) is 5.56 Å². The van der Waals surface area contributed by atoms with Crippen molar-refractivity contribution in [2.24, 2.45) is 0 Å². The van der Waals surface area contributed by atoms with E-state index < -0.39 is 0 Å². The highest BCUT2D eigenvalue weighted by Crippen LogP contribution is 2.24. The van der Waals surface area contributed by atoms with Crippen LogP contribution in [0.3, 0.4) is 0 Å². The molecular weight excluding hydrogens is 332 g/mol. The highest BCUT2D eigenvalue weighted by atomic mass is 35.5. The first-order chi connectivity index (χ1) is 11.9. The van der Waals surface area contributed by atoms with E-state index in [2.05, 4.69) is 27.4 Å². The fraction of sp³-hybridized carbons (Fsp3) is 0.0500. The summed E-state index contributed by atoms with van der Waals surface area (Å²) in [4.78, 5) is 13.6. The Balaban J connectivity index is 0.00000182. The maximum atomic E-state index is 4.72. The van der Waals surface area contributed by atoms with Crippen LogP contribution in [0.4, 0.5) is 5.82 Å². The molecule has 4 aromatic rings. The van der Waals surface area contributed by atoms with Crippen LogP contribution in [0.1, 0.15) is 5.56 Å². The fourth-order valence-corrected chi connectivity index (χ4v) is 2.62. The lowest BCUT2D eigenvalue weighted by atomic mass is 10.2. The Hall–Kier alpha value is -2.98. The number of aromatic nitrogens is 3. The van der Waals surface area contributed by atoms with Gasteiger partial charge in [0.2, 0.25) is 0 Å². The number of para-hydroxylation sites is 1. The molecule has 0 saturated heterocycles. The summed E-state index contributed by atoms with van der Waals surface area (Å²) in [5.74, 6) is 1.51. The highest BCUT2D eigenvalue weighted by molar-refractivity contribution is 5.90. The number of anilines is 1. The Morgan fingerprint density at radius 3 is 2.40 bits per heavy atom. The second-order valence-corrected chi connectivity index (χ2v) is 5.49. The van der Waals surface area contributed by atoms with Gasteiger partial charge in [0.1, 0.15) is 5.82 Å². The summed E-state index contributed by atoms with van der Waals surface area (Å²) in [7, 11) is 0. The molecule has 2 aromatic carbocycles. The summed E-state index contributed by atoms with van der Waals surface area (Å²) in [6.45, 7) is 0.717. The van der Waals surface area contributed by atoms with Gasteiger partial charge in [-0.1, -0.05) is 42.5 Å². The largest absolute Gasteiger partial charge is 1.00 e. The summed E-state index contributed by atoms with van der Waals surface area (Å²) >= 11 is 0. The van der Waals surface area contributed by atoms with Gasteiger partial charge in [-0.25, -0.2) is 9.97 Å². The third kappa shape index (κ3) is 3.75. The van der Waals surface area contributed by atoms with Crippen molar-refractivity contribution in [3.63, 3.8) is 0 Å². The molecule has 0 aliphatic heterocycles. The van der Waals surface area contributed by atoms with Gasteiger partial charge in [-0.05, 0) is 29.8 Å². The van der Waals surface area contributed by atoms with Crippen molar-refractivity contribution in [2.45, 2.75) is 6.54 Å². The van der Waals surface area contributed by atoms with E-state index in [-0.39, 0.29) is 12.4 Å². The van der Waals surface area contributed by atoms with Crippen molar-refractivity contribution in [1.29, 1.82) is 0 Å². The average Bonchev–Trinajstić information content (AvgIpc) is 2.67. The Kier molecular flexibility index (Phi) is 5.21. The molecule has 5 heteroatoms. The molecular formula is C20H16ClN4-. The lowest BCUT2D eigenvalue weighted by Gasteiger charge is -2.11. The molecule has 0 unspecified atom stereocenters. The molecule has 0 fully saturated rings. The third-order valence-corrected chi connectivity index (χ3v) is 3.83. The number of hydrogen-bond acceptors (Lipinski definition) is 4. The van der Waals surface area contributed by atoms with Crippen molar-refractivity contribution >= 4 is 16.7 Å². The minimum atomic E-state index is 0. The van der Waals surface area contributed by atoms with Gasteiger partial charge in [0, 0.05) is 29.9 Å². The molecule has 0 radical (unpaired) electrons. The normalized spacial score (nSPS) is 10.2. The monoisotopic (exact) mass is 347 g/mol. The van der Waals surface area contributed by atoms with E-state index in [0.29, 0.717) is 12.4 Å². The van der Waals surface area contributed by atoms with Crippen LogP contribution in [-0.4, -0.2) is 15.0 Å². The lowest BCUT2D eigenvalue weighted by molar-refractivity contribution is -0.00000488. The van der Waals surface area contributed by atoms with Crippen molar-refractivity contribution in [3.05, 3.63) is 84.7 Å². The molecule has 0 aliphatic carbocycles. The molecule has 124 valence electrons. The van der Waals surface area contributed by atoms with E-state index in [0.717, 1.165) is 22.3 Å². The lowest BCUT2D eigenvalue weighted by Crippen LogP contribution is -3.00. The predicted octanol–water partition coefficient (Wildman–Crippen LogP) is 1.31. The predicted molar refractivity (Wildman–Crippen MR) is 96.5 cm³/mol. The molecule has 25 heavy (non-hydrogen) atoms. The van der Waals surface area contributed by atoms with Gasteiger partial charge in [-0.2, -0.15) is 0 Å². The number of benzene rings is 2. The van der Waals surface area contributed by atoms with E-state index >= 15 is 0 Å². The van der Waals surface area contributed by atoms with E-state index in [9.17, 15) is 0 Å². The Labute approximate surface area is 152 Å². The summed E-state index contributed by atoms with van der Waals surface area (Å²) < 4.78 is 0. The first-order valence-electron chi connectivity index (χ1n) is 7.85. The van der Waals surface area contributed by atoms with E-state index in [1.807, 2.05) is 54.6 Å². The zero-order valence-corrected chi connectivity index (χ0v) is 14.2. The van der Waals surface area contributed by atoms with Gasteiger partial charge in [-0.3, -0.25) is 4.98 Å². The quantitative estimate of drug-likeness (QED) is 0.605. The summed E-state index contributed by atoms with van der Waals surface area (Å²) in [6, 6.07) is 22.2. The van der Waals surface area contributed by atoms with Crippen LogP contribution in [0.15, 0.2) is 79.1 Å². The molecule has 0 atom stereocenters. The van der Waals surface area contributed by atoms with Crippen molar-refractivity contribution in [3.8, 4) is 11.4 Å². The SMILES string of the molecule is [Cl-].c1ccc(CNc2nc(-c3cccnc3)nc3ccccc23)cc1. The number of rotatable bonds is 4. The van der Waals surface area contributed by atoms with E-state index in [4.69, 9.17) is 4.98 Å². The van der Waals surface area contributed by atoms with Crippen molar-refractivity contribution in [1.82, 2.24) is 15.0 Å². The molecule has 2 heterocycles. The van der Waals surface area contributed by atoms with Gasteiger partial charge in [0.05, 0.1) is 5.52 Å². The first kappa shape index (κ1) is 16.9. The molecule has 0 saturated carbocycles. The molecule has 2 aromatic heterocycles. The Bertz CT molecular complexity index is 959. The van der Waals surface area contributed by atoms with Crippen LogP contribution in [0.5, 0.6) is 0 Å². The number of fused-ring (bicyclic) bond motifs is 1. The molecule has 0 spiro atoms. The fourth-order valence-electron chi connectivity index (χ4n) is 2.62. The van der Waals surface area contributed by atoms with Crippen LogP contribution < -0.4 is 17.7 Å². The third-order valence-electron chi connectivity index (χ3n) is 3.83. The van der Waals surface area contributed by atoms with E-state index in [1.54, 1.807) is 12.4 Å². The Morgan fingerprint density at radius 1 is 0.800 bits per heavy atom. The summed E-state index contributed by atoms with van der Waals surface area (Å²) in [5.41, 5.74) is 3.04. The van der Waals surface area contributed by atoms with Crippen LogP contribution >= 0.6 is 0 Å². The molecule has 4 rings (SSSR count). The van der Waals surface area contributed by atoms with Crippen molar-refractivity contribution in [2.75, 3.05) is 5.32 Å². The summed E-state index contributed by atoms with van der Waals surface area (Å²) in [5, 5.41) is 4.46. The highest BCUT2D eigenvalue weighted by Gasteiger charge is 2.09. The second kappa shape index (κ2) is 7.73. The molecule has 4 nitrogen and oxygen atoms in total. The molecule has 1 N–H and O–H groups in total. The average molecular weight is 348 g/mol. The topological polar surface area (TPSA) is 50.7 Å². The van der Waals surface area contributed by atoms with Crippen LogP contribution in [0.25, 0.3) is 22.3 Å². The minimum Gasteiger partial charge on any atom is -1.00 e. The number of pyridine rings is 1. The molecule has 0 bridgehead atoms. The van der Waals surface area contributed by atoms with Crippen LogP contribution in [-0.2, 0) is 6.54 Å². The van der Waals surface area contributed by atoms with Gasteiger partial charge >= 0.3 is 0 Å². The van der Waals surface area contributed by atoms with Gasteiger partial charge in [0.15, 0.2) is 5.82 Å². The van der Waals surface area contributed by atoms with Gasteiger partial charge in [-0.15, -0.1) is 0 Å². The van der Waals surface area contributed by atoms with Gasteiger partial charge in [0.25, 0.3) is 0 Å². The number of nitrogens with one attached hydrogen (secondary N) is 1.